The summed E-state index contributed by atoms with van der Waals surface area (Å²) in [5.41, 5.74) is -0.311. The number of methoxy groups -OCH3 is 2. The lowest BCUT2D eigenvalue weighted by Gasteiger charge is -2.47. The van der Waals surface area contributed by atoms with Crippen LogP contribution in [0.4, 0.5) is 0 Å². The molecular formula is C26H47NO7. The van der Waals surface area contributed by atoms with E-state index in [1.807, 2.05) is 48.5 Å². The van der Waals surface area contributed by atoms with Crippen molar-refractivity contribution in [2.75, 3.05) is 27.4 Å². The Morgan fingerprint density at radius 3 is 2.24 bits per heavy atom. The highest BCUT2D eigenvalue weighted by Crippen LogP contribution is 2.40. The van der Waals surface area contributed by atoms with E-state index in [0.717, 1.165) is 6.42 Å². The Balaban J connectivity index is 2.97. The first-order valence-electron chi connectivity index (χ1n) is 12.3. The maximum Gasteiger partial charge on any atom is 0.323 e. The minimum Gasteiger partial charge on any atom is -0.468 e. The number of carbonyl (C=O) groups is 2. The van der Waals surface area contributed by atoms with Gasteiger partial charge in [0.1, 0.15) is 18.2 Å². The van der Waals surface area contributed by atoms with Crippen LogP contribution in [0.15, 0.2) is 11.6 Å². The van der Waals surface area contributed by atoms with Crippen molar-refractivity contribution in [3.63, 3.8) is 0 Å². The van der Waals surface area contributed by atoms with Gasteiger partial charge in [-0.2, -0.15) is 0 Å². The van der Waals surface area contributed by atoms with Crippen LogP contribution in [0.3, 0.4) is 0 Å². The van der Waals surface area contributed by atoms with E-state index >= 15 is 0 Å². The second-order valence-corrected chi connectivity index (χ2v) is 10.7. The van der Waals surface area contributed by atoms with E-state index in [1.54, 1.807) is 7.11 Å². The first kappa shape index (κ1) is 30.6. The van der Waals surface area contributed by atoms with E-state index in [0.29, 0.717) is 25.9 Å². The van der Waals surface area contributed by atoms with Gasteiger partial charge >= 0.3 is 11.9 Å². The maximum atomic E-state index is 12.7. The van der Waals surface area contributed by atoms with Gasteiger partial charge in [0, 0.05) is 19.6 Å². The Morgan fingerprint density at radius 2 is 1.74 bits per heavy atom. The average molecular weight is 486 g/mol. The predicted molar refractivity (Wildman–Crippen MR) is 131 cm³/mol. The molecule has 34 heavy (non-hydrogen) atoms. The quantitative estimate of drug-likeness (QED) is 0.320. The summed E-state index contributed by atoms with van der Waals surface area (Å²) < 4.78 is 22.5. The van der Waals surface area contributed by atoms with Crippen LogP contribution in [0.25, 0.3) is 0 Å². The van der Waals surface area contributed by atoms with Crippen LogP contribution in [0.2, 0.25) is 0 Å². The fraction of sp³-hybridized carbons (Fsp3) is 0.846. The Labute approximate surface area is 205 Å². The summed E-state index contributed by atoms with van der Waals surface area (Å²) in [5.74, 6) is -1.28. The van der Waals surface area contributed by atoms with E-state index in [9.17, 15) is 14.7 Å². The summed E-state index contributed by atoms with van der Waals surface area (Å²) in [5, 5.41) is 14.4. The van der Waals surface area contributed by atoms with Crippen molar-refractivity contribution in [3.05, 3.63) is 11.6 Å². The molecule has 1 rings (SSSR count). The molecule has 0 amide bonds. The molecule has 2 N–H and O–H groups in total. The highest BCUT2D eigenvalue weighted by Gasteiger charge is 2.50. The lowest BCUT2D eigenvalue weighted by molar-refractivity contribution is -0.202. The van der Waals surface area contributed by atoms with Crippen molar-refractivity contribution in [2.24, 2.45) is 11.3 Å². The number of rotatable bonds is 12. The summed E-state index contributed by atoms with van der Waals surface area (Å²) in [6.45, 7) is 13.9. The van der Waals surface area contributed by atoms with Gasteiger partial charge in [-0.15, -0.1) is 0 Å². The summed E-state index contributed by atoms with van der Waals surface area (Å²) >= 11 is 0. The van der Waals surface area contributed by atoms with Crippen LogP contribution in [-0.4, -0.2) is 74.4 Å². The third-order valence-corrected chi connectivity index (χ3v) is 6.47. The van der Waals surface area contributed by atoms with Crippen molar-refractivity contribution < 1.29 is 33.6 Å². The minimum atomic E-state index is -1.07. The lowest BCUT2D eigenvalue weighted by atomic mass is 9.70. The SMILES string of the molecule is CCO[C@@H]1CC[C@@H](OC(=O)CNC(C(=O)OC)C(C)(C)C)[C@@H](OC)[C@@H]1[C@@](C)(O)CCC=C(C)C. The topological polar surface area (TPSA) is 103 Å². The van der Waals surface area contributed by atoms with E-state index in [2.05, 4.69) is 11.4 Å². The Morgan fingerprint density at radius 1 is 1.12 bits per heavy atom. The van der Waals surface area contributed by atoms with Crippen LogP contribution in [0, 0.1) is 11.3 Å². The smallest absolute Gasteiger partial charge is 0.323 e. The van der Waals surface area contributed by atoms with Gasteiger partial charge in [-0.25, -0.2) is 0 Å². The molecule has 0 aliphatic heterocycles. The maximum absolute atomic E-state index is 12.7. The van der Waals surface area contributed by atoms with Crippen molar-refractivity contribution in [2.45, 2.75) is 104 Å². The zero-order valence-corrected chi connectivity index (χ0v) is 22.6. The Kier molecular flexibility index (Phi) is 12.2. The minimum absolute atomic E-state index is 0.138. The number of esters is 2. The summed E-state index contributed by atoms with van der Waals surface area (Å²) in [6, 6.07) is -0.652. The third-order valence-electron chi connectivity index (χ3n) is 6.47. The van der Waals surface area contributed by atoms with Gasteiger partial charge in [0.15, 0.2) is 0 Å². The van der Waals surface area contributed by atoms with Gasteiger partial charge < -0.3 is 24.1 Å². The second kappa shape index (κ2) is 13.6. The number of hydrogen-bond donors (Lipinski definition) is 2. The highest BCUT2D eigenvalue weighted by atomic mass is 16.6. The molecule has 1 aliphatic rings. The summed E-state index contributed by atoms with van der Waals surface area (Å²) in [7, 11) is 2.90. The number of ether oxygens (including phenoxy) is 4. The molecule has 6 atom stereocenters. The molecule has 198 valence electrons. The van der Waals surface area contributed by atoms with Gasteiger partial charge in [-0.05, 0) is 58.8 Å². The van der Waals surface area contributed by atoms with Gasteiger partial charge in [0.2, 0.25) is 0 Å². The van der Waals surface area contributed by atoms with E-state index in [4.69, 9.17) is 18.9 Å². The van der Waals surface area contributed by atoms with Crippen LogP contribution >= 0.6 is 0 Å². The molecule has 0 radical (unpaired) electrons. The monoisotopic (exact) mass is 485 g/mol. The molecule has 0 spiro atoms. The molecular weight excluding hydrogens is 438 g/mol. The van der Waals surface area contributed by atoms with Gasteiger partial charge in [-0.1, -0.05) is 32.4 Å². The second-order valence-electron chi connectivity index (χ2n) is 10.7. The van der Waals surface area contributed by atoms with Crippen molar-refractivity contribution in [1.29, 1.82) is 0 Å². The fourth-order valence-corrected chi connectivity index (χ4v) is 4.77. The summed E-state index contributed by atoms with van der Waals surface area (Å²) in [4.78, 5) is 24.9. The Bertz CT molecular complexity index is 679. The molecule has 1 aliphatic carbocycles. The largest absolute Gasteiger partial charge is 0.468 e. The van der Waals surface area contributed by atoms with Crippen molar-refractivity contribution in [1.82, 2.24) is 5.32 Å². The molecule has 8 nitrogen and oxygen atoms in total. The number of aliphatic hydroxyl groups is 1. The molecule has 0 saturated heterocycles. The molecule has 8 heteroatoms. The summed E-state index contributed by atoms with van der Waals surface area (Å²) in [6.07, 6.45) is 3.35. The number of hydrogen-bond acceptors (Lipinski definition) is 8. The van der Waals surface area contributed by atoms with Gasteiger partial charge in [0.05, 0.1) is 25.4 Å². The molecule has 0 aromatic heterocycles. The zero-order chi connectivity index (χ0) is 26.1. The first-order chi connectivity index (χ1) is 15.8. The van der Waals surface area contributed by atoms with E-state index < -0.39 is 41.2 Å². The standard InChI is InChI=1S/C26H47NO7/c1-10-33-18-13-14-19(22(31-8)21(18)26(7,30)15-11-12-17(2)3)34-20(28)16-27-23(24(29)32-9)25(4,5)6/h12,18-19,21-23,27,30H,10-11,13-16H2,1-9H3/t18-,19-,21-,22-,23?,26+/m1/s1. The van der Waals surface area contributed by atoms with Gasteiger partial charge in [0.25, 0.3) is 0 Å². The molecule has 1 saturated carbocycles. The zero-order valence-electron chi connectivity index (χ0n) is 22.6. The molecule has 1 unspecified atom stereocenters. The number of carbonyl (C=O) groups excluding carboxylic acids is 2. The van der Waals surface area contributed by atoms with Crippen molar-refractivity contribution >= 4 is 11.9 Å². The highest BCUT2D eigenvalue weighted by molar-refractivity contribution is 5.78. The van der Waals surface area contributed by atoms with Crippen LogP contribution < -0.4 is 5.32 Å². The molecule has 0 aromatic carbocycles. The van der Waals surface area contributed by atoms with E-state index in [1.165, 1.54) is 12.7 Å². The average Bonchev–Trinajstić information content (AvgIpc) is 2.72. The predicted octanol–water partition coefficient (Wildman–Crippen LogP) is 3.40. The lowest BCUT2D eigenvalue weighted by Crippen LogP contribution is -2.58. The molecule has 0 bridgehead atoms. The van der Waals surface area contributed by atoms with Gasteiger partial charge in [-0.3, -0.25) is 14.9 Å². The normalized spacial score (nSPS) is 25.7. The number of allylic oxidation sites excluding steroid dienone is 2. The van der Waals surface area contributed by atoms with Crippen LogP contribution in [0.1, 0.15) is 74.1 Å². The third kappa shape index (κ3) is 8.95. The molecule has 0 heterocycles. The molecule has 0 aromatic rings. The van der Waals surface area contributed by atoms with Crippen LogP contribution in [-0.2, 0) is 28.5 Å². The number of nitrogens with one attached hydrogen (secondary N) is 1. The van der Waals surface area contributed by atoms with Crippen LogP contribution in [0.5, 0.6) is 0 Å². The first-order valence-corrected chi connectivity index (χ1v) is 12.3. The molecule has 1 fully saturated rings. The Hall–Kier alpha value is -1.48. The fourth-order valence-electron chi connectivity index (χ4n) is 4.77. The van der Waals surface area contributed by atoms with E-state index in [-0.39, 0.29) is 18.6 Å². The van der Waals surface area contributed by atoms with Crippen molar-refractivity contribution in [3.8, 4) is 0 Å².